The minimum Gasteiger partial charge on any atom is -0.478 e. The van der Waals surface area contributed by atoms with Crippen LogP contribution in [0.2, 0.25) is 0 Å². The molecule has 4 nitrogen and oxygen atoms in total. The predicted molar refractivity (Wildman–Crippen MR) is 79.6 cm³/mol. The molecule has 0 bridgehead atoms. The van der Waals surface area contributed by atoms with Crippen molar-refractivity contribution in [2.24, 2.45) is 0 Å². The Balaban J connectivity index is 4.03. The van der Waals surface area contributed by atoms with Gasteiger partial charge in [0.25, 0.3) is 0 Å². The Morgan fingerprint density at radius 1 is 1.10 bits per heavy atom. The summed E-state index contributed by atoms with van der Waals surface area (Å²) in [5.41, 5.74) is -0.334. The second kappa shape index (κ2) is 9.56. The molecule has 20 heavy (non-hydrogen) atoms. The molecule has 0 amide bonds. The third kappa shape index (κ3) is 8.73. The fourth-order valence-corrected chi connectivity index (χ4v) is 1.82. The molecule has 0 fully saturated rings. The fourth-order valence-electron chi connectivity index (χ4n) is 1.82. The van der Waals surface area contributed by atoms with Gasteiger partial charge in [-0.2, -0.15) is 0 Å². The Morgan fingerprint density at radius 3 is 2.20 bits per heavy atom. The van der Waals surface area contributed by atoms with E-state index in [1.807, 2.05) is 0 Å². The van der Waals surface area contributed by atoms with Gasteiger partial charge >= 0.3 is 11.9 Å². The number of carbonyl (C=O) groups is 2. The molecule has 1 N–H and O–H groups in total. The summed E-state index contributed by atoms with van der Waals surface area (Å²) in [4.78, 5) is 22.4. The molecule has 0 heterocycles. The molecule has 0 radical (unpaired) electrons. The van der Waals surface area contributed by atoms with Crippen molar-refractivity contribution in [1.29, 1.82) is 0 Å². The zero-order valence-corrected chi connectivity index (χ0v) is 13.2. The van der Waals surface area contributed by atoms with Crippen LogP contribution in [0.15, 0.2) is 11.6 Å². The quantitative estimate of drug-likeness (QED) is 0.373. The van der Waals surface area contributed by atoms with Crippen molar-refractivity contribution in [3.05, 3.63) is 11.6 Å². The highest BCUT2D eigenvalue weighted by molar-refractivity contribution is 5.81. The third-order valence-electron chi connectivity index (χ3n) is 3.39. The number of esters is 1. The summed E-state index contributed by atoms with van der Waals surface area (Å²) < 4.78 is 5.36. The Bertz CT molecular complexity index is 342. The van der Waals surface area contributed by atoms with E-state index in [2.05, 4.69) is 6.92 Å². The SMILES string of the molecule is CCCCCCCCC(=O)OC(C)(C)C(C)=CC(=O)O. The number of aliphatic carboxylic acids is 1. The van der Waals surface area contributed by atoms with Gasteiger partial charge in [-0.3, -0.25) is 4.79 Å². The molecular formula is C16H28O4. The van der Waals surface area contributed by atoms with Crippen LogP contribution >= 0.6 is 0 Å². The molecule has 0 saturated heterocycles. The number of carboxylic acid groups (broad SMARTS) is 1. The first-order chi connectivity index (χ1) is 9.29. The molecule has 0 aliphatic rings. The lowest BCUT2D eigenvalue weighted by Gasteiger charge is -2.26. The van der Waals surface area contributed by atoms with Crippen LogP contribution in [0.3, 0.4) is 0 Å². The van der Waals surface area contributed by atoms with E-state index in [-0.39, 0.29) is 5.97 Å². The standard InChI is InChI=1S/C16H28O4/c1-5-6-7-8-9-10-11-15(19)20-16(3,4)13(2)12-14(17)18/h12H,5-11H2,1-4H3,(H,17,18). The van der Waals surface area contributed by atoms with E-state index in [0.29, 0.717) is 12.0 Å². The van der Waals surface area contributed by atoms with Crippen molar-refractivity contribution < 1.29 is 19.4 Å². The molecule has 0 aromatic heterocycles. The zero-order valence-electron chi connectivity index (χ0n) is 13.2. The number of unbranched alkanes of at least 4 members (excludes halogenated alkanes) is 5. The Hall–Kier alpha value is -1.32. The molecule has 116 valence electrons. The molecule has 0 aromatic rings. The molecular weight excluding hydrogens is 256 g/mol. The van der Waals surface area contributed by atoms with E-state index in [1.54, 1.807) is 20.8 Å². The summed E-state index contributed by atoms with van der Waals surface area (Å²) in [6, 6.07) is 0. The number of hydrogen-bond acceptors (Lipinski definition) is 3. The van der Waals surface area contributed by atoms with Crippen LogP contribution in [0.1, 0.15) is 72.6 Å². The van der Waals surface area contributed by atoms with Gasteiger partial charge in [0.1, 0.15) is 5.60 Å². The van der Waals surface area contributed by atoms with Crippen molar-refractivity contribution in [3.8, 4) is 0 Å². The minimum atomic E-state index is -1.03. The smallest absolute Gasteiger partial charge is 0.328 e. The minimum absolute atomic E-state index is 0.261. The average molecular weight is 284 g/mol. The van der Waals surface area contributed by atoms with Gasteiger partial charge in [0.05, 0.1) is 0 Å². The van der Waals surface area contributed by atoms with Crippen molar-refractivity contribution in [3.63, 3.8) is 0 Å². The molecule has 0 atom stereocenters. The Morgan fingerprint density at radius 2 is 1.65 bits per heavy atom. The normalized spacial score (nSPS) is 12.3. The van der Waals surface area contributed by atoms with Crippen LogP contribution in [0.4, 0.5) is 0 Å². The van der Waals surface area contributed by atoms with Crippen LogP contribution in [-0.4, -0.2) is 22.6 Å². The lowest BCUT2D eigenvalue weighted by atomic mass is 9.99. The van der Waals surface area contributed by atoms with Gasteiger partial charge in [0.15, 0.2) is 0 Å². The zero-order chi connectivity index (χ0) is 15.6. The number of hydrogen-bond donors (Lipinski definition) is 1. The monoisotopic (exact) mass is 284 g/mol. The maximum Gasteiger partial charge on any atom is 0.328 e. The van der Waals surface area contributed by atoms with E-state index in [9.17, 15) is 9.59 Å². The molecule has 0 saturated carbocycles. The fraction of sp³-hybridized carbons (Fsp3) is 0.750. The van der Waals surface area contributed by atoms with Crippen molar-refractivity contribution >= 4 is 11.9 Å². The van der Waals surface area contributed by atoms with Gasteiger partial charge < -0.3 is 9.84 Å². The highest BCUT2D eigenvalue weighted by atomic mass is 16.6. The van der Waals surface area contributed by atoms with E-state index >= 15 is 0 Å². The Labute approximate surface area is 122 Å². The topological polar surface area (TPSA) is 63.6 Å². The van der Waals surface area contributed by atoms with E-state index in [1.165, 1.54) is 19.3 Å². The van der Waals surface area contributed by atoms with Crippen LogP contribution in [0, 0.1) is 0 Å². The van der Waals surface area contributed by atoms with Gasteiger partial charge in [-0.05, 0) is 32.8 Å². The molecule has 4 heteroatoms. The summed E-state index contributed by atoms with van der Waals surface area (Å²) in [5.74, 6) is -1.29. The summed E-state index contributed by atoms with van der Waals surface area (Å²) in [5, 5.41) is 8.71. The van der Waals surface area contributed by atoms with Gasteiger partial charge in [0.2, 0.25) is 0 Å². The predicted octanol–water partition coefficient (Wildman–Crippen LogP) is 4.09. The molecule has 0 aliphatic carbocycles. The van der Waals surface area contributed by atoms with E-state index < -0.39 is 11.6 Å². The van der Waals surface area contributed by atoms with Crippen LogP contribution in [-0.2, 0) is 14.3 Å². The van der Waals surface area contributed by atoms with E-state index in [0.717, 1.165) is 25.3 Å². The van der Waals surface area contributed by atoms with E-state index in [4.69, 9.17) is 9.84 Å². The van der Waals surface area contributed by atoms with Gasteiger partial charge in [-0.25, -0.2) is 4.79 Å². The Kier molecular flexibility index (Phi) is 8.93. The largest absolute Gasteiger partial charge is 0.478 e. The van der Waals surface area contributed by atoms with Crippen LogP contribution in [0.25, 0.3) is 0 Å². The number of carbonyl (C=O) groups excluding carboxylic acids is 1. The first-order valence-corrected chi connectivity index (χ1v) is 7.43. The molecule has 0 rings (SSSR count). The summed E-state index contributed by atoms with van der Waals surface area (Å²) in [7, 11) is 0. The number of carboxylic acids is 1. The molecule has 0 aliphatic heterocycles. The van der Waals surface area contributed by atoms with Crippen LogP contribution < -0.4 is 0 Å². The maximum absolute atomic E-state index is 11.7. The maximum atomic E-state index is 11.7. The number of rotatable bonds is 10. The van der Waals surface area contributed by atoms with Gasteiger partial charge in [0, 0.05) is 12.5 Å². The second-order valence-electron chi connectivity index (χ2n) is 5.67. The lowest BCUT2D eigenvalue weighted by Crippen LogP contribution is -2.29. The molecule has 0 aromatic carbocycles. The van der Waals surface area contributed by atoms with Crippen molar-refractivity contribution in [2.75, 3.05) is 0 Å². The molecule has 0 spiro atoms. The first-order valence-electron chi connectivity index (χ1n) is 7.43. The van der Waals surface area contributed by atoms with Crippen LogP contribution in [0.5, 0.6) is 0 Å². The summed E-state index contributed by atoms with van der Waals surface area (Å²) >= 11 is 0. The van der Waals surface area contributed by atoms with Crippen molar-refractivity contribution in [2.45, 2.75) is 78.2 Å². The summed E-state index contributed by atoms with van der Waals surface area (Å²) in [6.07, 6.45) is 8.19. The summed E-state index contributed by atoms with van der Waals surface area (Å²) in [6.45, 7) is 7.25. The van der Waals surface area contributed by atoms with Crippen molar-refractivity contribution in [1.82, 2.24) is 0 Å². The first kappa shape index (κ1) is 18.7. The lowest BCUT2D eigenvalue weighted by molar-refractivity contribution is -0.153. The highest BCUT2D eigenvalue weighted by Crippen LogP contribution is 2.21. The average Bonchev–Trinajstić information content (AvgIpc) is 2.32. The van der Waals surface area contributed by atoms with Gasteiger partial charge in [-0.1, -0.05) is 39.0 Å². The third-order valence-corrected chi connectivity index (χ3v) is 3.39. The highest BCUT2D eigenvalue weighted by Gasteiger charge is 2.25. The number of ether oxygens (including phenoxy) is 1. The van der Waals surface area contributed by atoms with Gasteiger partial charge in [-0.15, -0.1) is 0 Å². The molecule has 0 unspecified atom stereocenters. The second-order valence-corrected chi connectivity index (χ2v) is 5.67.